The van der Waals surface area contributed by atoms with E-state index in [1.807, 2.05) is 0 Å². The minimum atomic E-state index is -0.982. The summed E-state index contributed by atoms with van der Waals surface area (Å²) in [6, 6.07) is 7.12. The van der Waals surface area contributed by atoms with Gasteiger partial charge in [-0.05, 0) is 49.6 Å². The van der Waals surface area contributed by atoms with Crippen molar-refractivity contribution in [1.82, 2.24) is 10.3 Å². The molecule has 1 saturated carbocycles. The summed E-state index contributed by atoms with van der Waals surface area (Å²) in [6.45, 7) is 0. The van der Waals surface area contributed by atoms with Gasteiger partial charge in [-0.25, -0.2) is 9.37 Å². The smallest absolute Gasteiger partial charge is 0.251 e. The first-order chi connectivity index (χ1) is 12.4. The van der Waals surface area contributed by atoms with Crippen LogP contribution in [0.2, 0.25) is 0 Å². The minimum Gasteiger partial charge on any atom is -0.390 e. The van der Waals surface area contributed by atoms with E-state index >= 15 is 0 Å². The van der Waals surface area contributed by atoms with Gasteiger partial charge in [0.1, 0.15) is 11.6 Å². The second kappa shape index (κ2) is 8.11. The number of hydrogen-bond acceptors (Lipinski definition) is 5. The van der Waals surface area contributed by atoms with Gasteiger partial charge in [-0.3, -0.25) is 4.79 Å². The first kappa shape index (κ1) is 18.8. The molecule has 0 saturated heterocycles. The summed E-state index contributed by atoms with van der Waals surface area (Å²) < 4.78 is 14.6. The molecule has 1 fully saturated rings. The third kappa shape index (κ3) is 4.38. The molecule has 8 heteroatoms. The van der Waals surface area contributed by atoms with Crippen molar-refractivity contribution >= 4 is 33.3 Å². The zero-order chi connectivity index (χ0) is 18.7. The molecule has 0 bridgehead atoms. The zero-order valence-electron chi connectivity index (χ0n) is 13.8. The number of amides is 1. The predicted molar refractivity (Wildman–Crippen MR) is 98.7 cm³/mol. The molecule has 4 N–H and O–H groups in total. The summed E-state index contributed by atoms with van der Waals surface area (Å²) in [6.07, 6.45) is 1.49. The van der Waals surface area contributed by atoms with Crippen LogP contribution in [0.15, 0.2) is 41.0 Å². The lowest BCUT2D eigenvalue weighted by Crippen LogP contribution is -2.51. The molecule has 2 aromatic rings. The Morgan fingerprint density at radius 3 is 2.81 bits per heavy atom. The Morgan fingerprint density at radius 2 is 2.04 bits per heavy atom. The average Bonchev–Trinajstić information content (AvgIpc) is 2.61. The topological polar surface area (TPSA) is 94.5 Å². The molecule has 6 nitrogen and oxygen atoms in total. The van der Waals surface area contributed by atoms with Crippen LogP contribution in [-0.2, 0) is 0 Å². The van der Waals surface area contributed by atoms with Gasteiger partial charge in [-0.2, -0.15) is 0 Å². The number of hydrogen-bond donors (Lipinski definition) is 4. The maximum atomic E-state index is 13.9. The second-order valence-electron chi connectivity index (χ2n) is 6.25. The van der Waals surface area contributed by atoms with E-state index in [1.165, 1.54) is 24.4 Å². The van der Waals surface area contributed by atoms with Crippen LogP contribution in [0.4, 0.5) is 15.9 Å². The monoisotopic (exact) mass is 423 g/mol. The molecule has 1 aromatic heterocycles. The van der Waals surface area contributed by atoms with Crippen molar-refractivity contribution in [3.05, 3.63) is 52.4 Å². The number of nitrogens with zero attached hydrogens (tertiary/aromatic N) is 1. The van der Waals surface area contributed by atoms with Crippen molar-refractivity contribution in [2.75, 3.05) is 5.32 Å². The first-order valence-corrected chi connectivity index (χ1v) is 9.08. The Hall–Kier alpha value is -2.03. The number of rotatable bonds is 4. The third-order valence-electron chi connectivity index (χ3n) is 4.35. The van der Waals surface area contributed by atoms with Crippen molar-refractivity contribution in [2.24, 2.45) is 0 Å². The number of aliphatic hydroxyl groups is 2. The van der Waals surface area contributed by atoms with E-state index in [9.17, 15) is 19.4 Å². The van der Waals surface area contributed by atoms with E-state index < -0.39 is 24.1 Å². The fourth-order valence-corrected chi connectivity index (χ4v) is 3.27. The fraction of sp³-hybridized carbons (Fsp3) is 0.333. The molecule has 1 aliphatic carbocycles. The average molecular weight is 424 g/mol. The SMILES string of the molecule is O=C(NC1CCCC(O)C1O)c1ccnc(Nc2ccc(Br)cc2F)c1. The van der Waals surface area contributed by atoms with Crippen LogP contribution in [0.3, 0.4) is 0 Å². The molecule has 26 heavy (non-hydrogen) atoms. The Bertz CT molecular complexity index is 805. The highest BCUT2D eigenvalue weighted by molar-refractivity contribution is 9.10. The lowest BCUT2D eigenvalue weighted by atomic mass is 9.90. The zero-order valence-corrected chi connectivity index (χ0v) is 15.4. The van der Waals surface area contributed by atoms with Crippen LogP contribution in [0.25, 0.3) is 0 Å². The van der Waals surface area contributed by atoms with Gasteiger partial charge in [0.25, 0.3) is 5.91 Å². The van der Waals surface area contributed by atoms with Crippen LogP contribution >= 0.6 is 15.9 Å². The molecule has 3 rings (SSSR count). The maximum Gasteiger partial charge on any atom is 0.251 e. The van der Waals surface area contributed by atoms with Gasteiger partial charge in [0.05, 0.1) is 23.9 Å². The molecule has 0 aliphatic heterocycles. The summed E-state index contributed by atoms with van der Waals surface area (Å²) in [4.78, 5) is 16.5. The summed E-state index contributed by atoms with van der Waals surface area (Å²) in [5.41, 5.74) is 0.566. The van der Waals surface area contributed by atoms with Gasteiger partial charge >= 0.3 is 0 Å². The first-order valence-electron chi connectivity index (χ1n) is 8.29. The summed E-state index contributed by atoms with van der Waals surface area (Å²) in [5, 5.41) is 25.3. The van der Waals surface area contributed by atoms with E-state index in [-0.39, 0.29) is 11.6 Å². The van der Waals surface area contributed by atoms with Crippen molar-refractivity contribution in [3.8, 4) is 0 Å². The van der Waals surface area contributed by atoms with E-state index in [2.05, 4.69) is 31.5 Å². The summed E-state index contributed by atoms with van der Waals surface area (Å²) in [5.74, 6) is -0.511. The van der Waals surface area contributed by atoms with Gasteiger partial charge in [0, 0.05) is 16.2 Å². The Morgan fingerprint density at radius 1 is 1.23 bits per heavy atom. The van der Waals surface area contributed by atoms with Gasteiger partial charge in [0.2, 0.25) is 0 Å². The summed E-state index contributed by atoms with van der Waals surface area (Å²) in [7, 11) is 0. The summed E-state index contributed by atoms with van der Waals surface area (Å²) >= 11 is 3.19. The number of nitrogens with one attached hydrogen (secondary N) is 2. The molecule has 3 unspecified atom stereocenters. The van der Waals surface area contributed by atoms with Crippen molar-refractivity contribution in [2.45, 2.75) is 37.5 Å². The number of aromatic nitrogens is 1. The van der Waals surface area contributed by atoms with E-state index in [0.29, 0.717) is 28.7 Å². The second-order valence-corrected chi connectivity index (χ2v) is 7.16. The lowest BCUT2D eigenvalue weighted by molar-refractivity contribution is -0.0278. The number of pyridine rings is 1. The molecule has 0 spiro atoms. The van der Waals surface area contributed by atoms with Crippen molar-refractivity contribution in [3.63, 3.8) is 0 Å². The van der Waals surface area contributed by atoms with Crippen LogP contribution < -0.4 is 10.6 Å². The van der Waals surface area contributed by atoms with E-state index in [4.69, 9.17) is 0 Å². The van der Waals surface area contributed by atoms with Gasteiger partial charge in [0.15, 0.2) is 0 Å². The predicted octanol–water partition coefficient (Wildman–Crippen LogP) is 2.73. The number of anilines is 2. The molecule has 138 valence electrons. The van der Waals surface area contributed by atoms with E-state index in [0.717, 1.165) is 6.42 Å². The molecule has 1 aromatic carbocycles. The number of halogens is 2. The van der Waals surface area contributed by atoms with Crippen LogP contribution in [-0.4, -0.2) is 39.4 Å². The van der Waals surface area contributed by atoms with E-state index in [1.54, 1.807) is 12.1 Å². The number of carbonyl (C=O) groups is 1. The molecular weight excluding hydrogens is 405 g/mol. The van der Waals surface area contributed by atoms with Crippen LogP contribution in [0, 0.1) is 5.82 Å². The Kier molecular flexibility index (Phi) is 5.85. The quantitative estimate of drug-likeness (QED) is 0.606. The van der Waals surface area contributed by atoms with Crippen molar-refractivity contribution < 1.29 is 19.4 Å². The highest BCUT2D eigenvalue weighted by atomic mass is 79.9. The number of carbonyl (C=O) groups excluding carboxylic acids is 1. The number of benzene rings is 1. The highest BCUT2D eigenvalue weighted by Gasteiger charge is 2.31. The highest BCUT2D eigenvalue weighted by Crippen LogP contribution is 2.23. The lowest BCUT2D eigenvalue weighted by Gasteiger charge is -2.32. The van der Waals surface area contributed by atoms with Crippen LogP contribution in [0.5, 0.6) is 0 Å². The third-order valence-corrected chi connectivity index (χ3v) is 4.85. The molecule has 1 heterocycles. The molecule has 1 aliphatic rings. The normalized spacial score (nSPS) is 22.7. The van der Waals surface area contributed by atoms with Crippen LogP contribution in [0.1, 0.15) is 29.6 Å². The largest absolute Gasteiger partial charge is 0.390 e. The van der Waals surface area contributed by atoms with Gasteiger partial charge in [-0.15, -0.1) is 0 Å². The van der Waals surface area contributed by atoms with Crippen molar-refractivity contribution in [1.29, 1.82) is 0 Å². The molecule has 0 radical (unpaired) electrons. The Labute approximate surface area is 158 Å². The maximum absolute atomic E-state index is 13.9. The minimum absolute atomic E-state index is 0.240. The molecular formula is C18H19BrFN3O3. The number of aliphatic hydroxyl groups excluding tert-OH is 2. The van der Waals surface area contributed by atoms with Gasteiger partial charge < -0.3 is 20.8 Å². The Balaban J connectivity index is 1.71. The van der Waals surface area contributed by atoms with Gasteiger partial charge in [-0.1, -0.05) is 15.9 Å². The molecule has 1 amide bonds. The standard InChI is InChI=1S/C18H19BrFN3O3/c19-11-4-5-13(12(20)9-11)22-16-8-10(6-7-21-16)18(26)23-14-2-1-3-15(24)17(14)25/h4-9,14-15,17,24-25H,1-3H2,(H,21,22)(H,23,26). The fourth-order valence-electron chi connectivity index (χ4n) is 2.93. The molecule has 3 atom stereocenters.